The summed E-state index contributed by atoms with van der Waals surface area (Å²) in [7, 11) is 0. The predicted molar refractivity (Wildman–Crippen MR) is 74.3 cm³/mol. The Kier molecular flexibility index (Phi) is 3.78. The van der Waals surface area contributed by atoms with Gasteiger partial charge in [-0.1, -0.05) is 30.3 Å². The van der Waals surface area contributed by atoms with Crippen LogP contribution in [0.3, 0.4) is 0 Å². The summed E-state index contributed by atoms with van der Waals surface area (Å²) in [6, 6.07) is 12.5. The van der Waals surface area contributed by atoms with E-state index in [4.69, 9.17) is 0 Å². The maximum atomic E-state index is 4.67. The Labute approximate surface area is 105 Å². The van der Waals surface area contributed by atoms with E-state index in [2.05, 4.69) is 48.8 Å². The summed E-state index contributed by atoms with van der Waals surface area (Å²) in [5, 5.41) is 2.27. The lowest BCUT2D eigenvalue weighted by Crippen LogP contribution is -1.93. The molecule has 0 fully saturated rings. The summed E-state index contributed by atoms with van der Waals surface area (Å²) in [6.07, 6.45) is 0. The van der Waals surface area contributed by atoms with Crippen LogP contribution in [0.15, 0.2) is 41.8 Å². The molecule has 0 nitrogen and oxygen atoms in total. The Morgan fingerprint density at radius 1 is 1.13 bits per heavy atom. The Morgan fingerprint density at radius 2 is 1.87 bits per heavy atom. The molecule has 3 heteroatoms. The fraction of sp³-hybridized carbons (Fsp3) is 0.167. The second kappa shape index (κ2) is 5.10. The summed E-state index contributed by atoms with van der Waals surface area (Å²) >= 11 is 10.7. The summed E-state index contributed by atoms with van der Waals surface area (Å²) < 4.78 is 0. The van der Waals surface area contributed by atoms with E-state index in [0.717, 1.165) is 5.75 Å². The first-order valence-corrected chi connectivity index (χ1v) is 6.76. The van der Waals surface area contributed by atoms with Gasteiger partial charge in [0.1, 0.15) is 0 Å². The van der Waals surface area contributed by atoms with E-state index in [-0.39, 0.29) is 5.25 Å². The SMILES string of the molecule is SCc1sccc1C(S)c1ccccc1. The zero-order valence-electron chi connectivity index (χ0n) is 8.13. The first kappa shape index (κ1) is 11.1. The van der Waals surface area contributed by atoms with Crippen molar-refractivity contribution in [2.75, 3.05) is 0 Å². The molecular formula is C12H12S3. The standard InChI is InChI=1S/C12H12S3/c13-8-11-10(6-7-15-11)12(14)9-4-2-1-3-5-9/h1-7,12-14H,8H2. The molecule has 0 amide bonds. The Hall–Kier alpha value is -0.380. The van der Waals surface area contributed by atoms with Gasteiger partial charge in [-0.05, 0) is 22.6 Å². The van der Waals surface area contributed by atoms with Gasteiger partial charge in [0, 0.05) is 10.6 Å². The fourth-order valence-electron chi connectivity index (χ4n) is 1.54. The van der Waals surface area contributed by atoms with Gasteiger partial charge in [-0.2, -0.15) is 25.3 Å². The zero-order chi connectivity index (χ0) is 10.7. The topological polar surface area (TPSA) is 0 Å². The average molecular weight is 252 g/mol. The molecule has 0 radical (unpaired) electrons. The molecule has 1 unspecified atom stereocenters. The third-order valence-corrected chi connectivity index (χ3v) is 4.38. The van der Waals surface area contributed by atoms with E-state index in [1.165, 1.54) is 16.0 Å². The van der Waals surface area contributed by atoms with E-state index < -0.39 is 0 Å². The van der Waals surface area contributed by atoms with Gasteiger partial charge in [-0.15, -0.1) is 11.3 Å². The number of rotatable bonds is 3. The highest BCUT2D eigenvalue weighted by atomic mass is 32.1. The van der Waals surface area contributed by atoms with Crippen molar-refractivity contribution < 1.29 is 0 Å². The molecule has 0 bridgehead atoms. The Morgan fingerprint density at radius 3 is 2.53 bits per heavy atom. The molecule has 0 aliphatic heterocycles. The first-order chi connectivity index (χ1) is 7.33. The predicted octanol–water partition coefficient (Wildman–Crippen LogP) is 4.20. The smallest absolute Gasteiger partial charge is 0.0527 e. The highest BCUT2D eigenvalue weighted by Crippen LogP contribution is 2.33. The highest BCUT2D eigenvalue weighted by Gasteiger charge is 2.13. The third-order valence-electron chi connectivity index (χ3n) is 2.33. The molecule has 0 spiro atoms. The molecule has 1 heterocycles. The monoisotopic (exact) mass is 252 g/mol. The van der Waals surface area contributed by atoms with Crippen LogP contribution in [0.25, 0.3) is 0 Å². The van der Waals surface area contributed by atoms with Crippen molar-refractivity contribution in [1.82, 2.24) is 0 Å². The van der Waals surface area contributed by atoms with Crippen LogP contribution in [-0.2, 0) is 5.75 Å². The summed E-state index contributed by atoms with van der Waals surface area (Å²) in [6.45, 7) is 0. The number of thiophene rings is 1. The molecule has 0 saturated heterocycles. The molecule has 0 aliphatic rings. The lowest BCUT2D eigenvalue weighted by Gasteiger charge is -2.11. The second-order valence-corrected chi connectivity index (χ2v) is 5.10. The average Bonchev–Trinajstić information content (AvgIpc) is 2.77. The van der Waals surface area contributed by atoms with Crippen molar-refractivity contribution >= 4 is 36.6 Å². The molecule has 78 valence electrons. The lowest BCUT2D eigenvalue weighted by atomic mass is 10.1. The van der Waals surface area contributed by atoms with Gasteiger partial charge in [-0.25, -0.2) is 0 Å². The minimum absolute atomic E-state index is 0.166. The minimum atomic E-state index is 0.166. The van der Waals surface area contributed by atoms with Gasteiger partial charge in [0.25, 0.3) is 0 Å². The summed E-state index contributed by atoms with van der Waals surface area (Å²) in [4.78, 5) is 1.31. The van der Waals surface area contributed by atoms with Gasteiger partial charge in [0.05, 0.1) is 5.25 Å². The van der Waals surface area contributed by atoms with E-state index in [9.17, 15) is 0 Å². The van der Waals surface area contributed by atoms with Crippen LogP contribution >= 0.6 is 36.6 Å². The van der Waals surface area contributed by atoms with Crippen LogP contribution in [0, 0.1) is 0 Å². The van der Waals surface area contributed by atoms with Crippen LogP contribution in [0.1, 0.15) is 21.3 Å². The zero-order valence-corrected chi connectivity index (χ0v) is 10.7. The maximum absolute atomic E-state index is 4.67. The normalized spacial score (nSPS) is 12.7. The number of hydrogen-bond donors (Lipinski definition) is 2. The van der Waals surface area contributed by atoms with Crippen LogP contribution in [0.4, 0.5) is 0 Å². The van der Waals surface area contributed by atoms with E-state index in [1.54, 1.807) is 11.3 Å². The van der Waals surface area contributed by atoms with E-state index >= 15 is 0 Å². The molecule has 2 rings (SSSR count). The summed E-state index contributed by atoms with van der Waals surface area (Å²) in [5.41, 5.74) is 2.52. The van der Waals surface area contributed by atoms with Crippen molar-refractivity contribution in [2.45, 2.75) is 11.0 Å². The van der Waals surface area contributed by atoms with Crippen LogP contribution in [-0.4, -0.2) is 0 Å². The van der Waals surface area contributed by atoms with Gasteiger partial charge < -0.3 is 0 Å². The van der Waals surface area contributed by atoms with Gasteiger partial charge in [-0.3, -0.25) is 0 Å². The molecule has 1 aromatic carbocycles. The molecule has 0 saturated carbocycles. The number of thiol groups is 2. The van der Waals surface area contributed by atoms with Crippen molar-refractivity contribution in [3.8, 4) is 0 Å². The second-order valence-electron chi connectivity index (χ2n) is 3.27. The number of benzene rings is 1. The maximum Gasteiger partial charge on any atom is 0.0527 e. The number of hydrogen-bond acceptors (Lipinski definition) is 3. The lowest BCUT2D eigenvalue weighted by molar-refractivity contribution is 1.16. The molecule has 15 heavy (non-hydrogen) atoms. The highest BCUT2D eigenvalue weighted by molar-refractivity contribution is 7.80. The fourth-order valence-corrected chi connectivity index (χ4v) is 3.22. The van der Waals surface area contributed by atoms with Crippen molar-refractivity contribution in [2.24, 2.45) is 0 Å². The molecule has 2 aromatic rings. The molecular weight excluding hydrogens is 240 g/mol. The molecule has 1 atom stereocenters. The van der Waals surface area contributed by atoms with Crippen molar-refractivity contribution in [3.05, 3.63) is 57.8 Å². The molecule has 0 aliphatic carbocycles. The molecule has 0 N–H and O–H groups in total. The van der Waals surface area contributed by atoms with Gasteiger partial charge >= 0.3 is 0 Å². The van der Waals surface area contributed by atoms with E-state index in [1.807, 2.05) is 18.2 Å². The van der Waals surface area contributed by atoms with Crippen molar-refractivity contribution in [3.63, 3.8) is 0 Å². The quantitative estimate of drug-likeness (QED) is 0.752. The van der Waals surface area contributed by atoms with E-state index in [0.29, 0.717) is 0 Å². The Bertz CT molecular complexity index is 419. The third kappa shape index (κ3) is 2.41. The van der Waals surface area contributed by atoms with Crippen LogP contribution in [0.2, 0.25) is 0 Å². The largest absolute Gasteiger partial charge is 0.174 e. The van der Waals surface area contributed by atoms with Crippen LogP contribution in [0.5, 0.6) is 0 Å². The van der Waals surface area contributed by atoms with Gasteiger partial charge in [0.15, 0.2) is 0 Å². The molecule has 1 aromatic heterocycles. The van der Waals surface area contributed by atoms with Gasteiger partial charge in [0.2, 0.25) is 0 Å². The first-order valence-electron chi connectivity index (χ1n) is 4.73. The summed E-state index contributed by atoms with van der Waals surface area (Å²) in [5.74, 6) is 0.789. The minimum Gasteiger partial charge on any atom is -0.174 e. The Balaban J connectivity index is 2.32. The van der Waals surface area contributed by atoms with Crippen molar-refractivity contribution in [1.29, 1.82) is 0 Å². The van der Waals surface area contributed by atoms with Crippen LogP contribution < -0.4 is 0 Å².